The highest BCUT2D eigenvalue weighted by Gasteiger charge is 2.21. The van der Waals surface area contributed by atoms with Gasteiger partial charge in [0.1, 0.15) is 17.6 Å². The number of rotatable bonds is 2. The van der Waals surface area contributed by atoms with E-state index in [1.54, 1.807) is 12.1 Å². The third-order valence-electron chi connectivity index (χ3n) is 3.31. The van der Waals surface area contributed by atoms with Gasteiger partial charge in [-0.2, -0.15) is 5.26 Å². The minimum atomic E-state index is 0.127. The fourth-order valence-corrected chi connectivity index (χ4v) is 2.31. The number of hydrogen-bond acceptors (Lipinski definition) is 5. The van der Waals surface area contributed by atoms with Gasteiger partial charge in [-0.15, -0.1) is 0 Å². The zero-order valence-corrected chi connectivity index (χ0v) is 10.8. The Kier molecular flexibility index (Phi) is 3.13. The van der Waals surface area contributed by atoms with E-state index in [-0.39, 0.29) is 11.7 Å². The number of nitrogens with two attached hydrogens (primary N) is 1. The molecule has 1 aromatic carbocycles. The van der Waals surface area contributed by atoms with Crippen molar-refractivity contribution in [1.29, 1.82) is 5.26 Å². The minimum Gasteiger partial charge on any atom is -0.493 e. The molecule has 5 heteroatoms. The van der Waals surface area contributed by atoms with E-state index in [9.17, 15) is 0 Å². The number of nitrogen functional groups attached to an aromatic ring is 1. The van der Waals surface area contributed by atoms with Gasteiger partial charge in [0, 0.05) is 12.0 Å². The summed E-state index contributed by atoms with van der Waals surface area (Å²) >= 11 is 0. The van der Waals surface area contributed by atoms with Crippen molar-refractivity contribution >= 4 is 11.5 Å². The molecule has 0 saturated carbocycles. The topological polar surface area (TPSA) is 84.0 Å². The highest BCUT2D eigenvalue weighted by atomic mass is 16.5. The summed E-state index contributed by atoms with van der Waals surface area (Å²) in [5.41, 5.74) is 7.42. The lowest BCUT2D eigenvalue weighted by Crippen LogP contribution is -2.20. The summed E-state index contributed by atoms with van der Waals surface area (Å²) in [6, 6.07) is 13.5. The fraction of sp³-hybridized carbons (Fsp3) is 0.200. The molecule has 0 radical (unpaired) electrons. The predicted octanol–water partition coefficient (Wildman–Crippen LogP) is 2.47. The molecular formula is C15H14N4O. The predicted molar refractivity (Wildman–Crippen MR) is 76.3 cm³/mol. The standard InChI is InChI=1S/C15H14N4O/c16-9-13-11(17)5-6-15(19-13)18-12-7-8-20-14-4-2-1-3-10(12)14/h1-6,12H,7-8,17H2,(H,18,19). The fourth-order valence-electron chi connectivity index (χ4n) is 2.31. The van der Waals surface area contributed by atoms with E-state index in [4.69, 9.17) is 15.7 Å². The summed E-state index contributed by atoms with van der Waals surface area (Å²) in [7, 11) is 0. The molecular weight excluding hydrogens is 252 g/mol. The van der Waals surface area contributed by atoms with Crippen molar-refractivity contribution in [2.24, 2.45) is 0 Å². The second-order valence-corrected chi connectivity index (χ2v) is 4.62. The Morgan fingerprint density at radius 2 is 2.15 bits per heavy atom. The summed E-state index contributed by atoms with van der Waals surface area (Å²) < 4.78 is 5.62. The molecule has 0 aliphatic carbocycles. The molecule has 3 rings (SSSR count). The first-order valence-electron chi connectivity index (χ1n) is 6.43. The molecule has 2 heterocycles. The quantitative estimate of drug-likeness (QED) is 0.872. The number of pyridine rings is 1. The third-order valence-corrected chi connectivity index (χ3v) is 3.31. The van der Waals surface area contributed by atoms with E-state index in [1.807, 2.05) is 30.3 Å². The minimum absolute atomic E-state index is 0.127. The average Bonchev–Trinajstić information content (AvgIpc) is 2.49. The first-order valence-corrected chi connectivity index (χ1v) is 6.43. The molecule has 3 N–H and O–H groups in total. The van der Waals surface area contributed by atoms with Crippen LogP contribution in [0.3, 0.4) is 0 Å². The van der Waals surface area contributed by atoms with Gasteiger partial charge in [-0.05, 0) is 18.2 Å². The smallest absolute Gasteiger partial charge is 0.165 e. The third kappa shape index (κ3) is 2.24. The summed E-state index contributed by atoms with van der Waals surface area (Å²) in [5.74, 6) is 1.55. The van der Waals surface area contributed by atoms with E-state index < -0.39 is 0 Å². The van der Waals surface area contributed by atoms with E-state index >= 15 is 0 Å². The lowest BCUT2D eigenvalue weighted by atomic mass is 10.0. The van der Waals surface area contributed by atoms with Crippen LogP contribution in [0.5, 0.6) is 5.75 Å². The number of ether oxygens (including phenoxy) is 1. The first-order chi connectivity index (χ1) is 9.78. The normalized spacial score (nSPS) is 16.6. The zero-order valence-electron chi connectivity index (χ0n) is 10.8. The van der Waals surface area contributed by atoms with Crippen LogP contribution in [0.1, 0.15) is 23.7 Å². The van der Waals surface area contributed by atoms with Gasteiger partial charge in [-0.3, -0.25) is 0 Å². The Balaban J connectivity index is 1.88. The van der Waals surface area contributed by atoms with Gasteiger partial charge in [0.05, 0.1) is 18.3 Å². The zero-order chi connectivity index (χ0) is 13.9. The number of nitrogens with one attached hydrogen (secondary N) is 1. The number of nitrogens with zero attached hydrogens (tertiary/aromatic N) is 2. The van der Waals surface area contributed by atoms with E-state index in [0.29, 0.717) is 18.1 Å². The SMILES string of the molecule is N#Cc1nc(NC2CCOc3ccccc32)ccc1N. The van der Waals surface area contributed by atoms with Crippen LogP contribution in [0, 0.1) is 11.3 Å². The molecule has 0 spiro atoms. The van der Waals surface area contributed by atoms with Crippen LogP contribution >= 0.6 is 0 Å². The van der Waals surface area contributed by atoms with Crippen molar-refractivity contribution in [3.8, 4) is 11.8 Å². The van der Waals surface area contributed by atoms with Crippen LogP contribution in [-0.4, -0.2) is 11.6 Å². The molecule has 0 amide bonds. The highest BCUT2D eigenvalue weighted by Crippen LogP contribution is 2.33. The number of nitriles is 1. The molecule has 100 valence electrons. The monoisotopic (exact) mass is 266 g/mol. The Morgan fingerprint density at radius 3 is 3.00 bits per heavy atom. The van der Waals surface area contributed by atoms with Gasteiger partial charge < -0.3 is 15.8 Å². The molecule has 0 bridgehead atoms. The maximum Gasteiger partial charge on any atom is 0.165 e. The number of benzene rings is 1. The van der Waals surface area contributed by atoms with Crippen LogP contribution < -0.4 is 15.8 Å². The Labute approximate surface area is 117 Å². The van der Waals surface area contributed by atoms with Crippen LogP contribution in [0.15, 0.2) is 36.4 Å². The molecule has 0 saturated heterocycles. The van der Waals surface area contributed by atoms with Crippen LogP contribution in [-0.2, 0) is 0 Å². The average molecular weight is 266 g/mol. The molecule has 2 aromatic rings. The van der Waals surface area contributed by atoms with E-state index in [0.717, 1.165) is 17.7 Å². The summed E-state index contributed by atoms with van der Waals surface area (Å²) in [6.07, 6.45) is 0.852. The first kappa shape index (κ1) is 12.3. The van der Waals surface area contributed by atoms with Crippen molar-refractivity contribution < 1.29 is 4.74 Å². The second-order valence-electron chi connectivity index (χ2n) is 4.62. The largest absolute Gasteiger partial charge is 0.493 e. The van der Waals surface area contributed by atoms with E-state index in [1.165, 1.54) is 0 Å². The van der Waals surface area contributed by atoms with Crippen molar-refractivity contribution in [3.63, 3.8) is 0 Å². The lowest BCUT2D eigenvalue weighted by Gasteiger charge is -2.27. The molecule has 1 aliphatic rings. The van der Waals surface area contributed by atoms with Gasteiger partial charge in [-0.1, -0.05) is 18.2 Å². The number of hydrogen-bond donors (Lipinski definition) is 2. The summed E-state index contributed by atoms with van der Waals surface area (Å²) in [6.45, 7) is 0.661. The Bertz CT molecular complexity index is 678. The van der Waals surface area contributed by atoms with Crippen LogP contribution in [0.4, 0.5) is 11.5 Å². The van der Waals surface area contributed by atoms with Crippen molar-refractivity contribution in [2.45, 2.75) is 12.5 Å². The van der Waals surface area contributed by atoms with Gasteiger partial charge in [0.15, 0.2) is 5.69 Å². The molecule has 1 atom stereocenters. The van der Waals surface area contributed by atoms with Crippen molar-refractivity contribution in [2.75, 3.05) is 17.7 Å². The van der Waals surface area contributed by atoms with Gasteiger partial charge in [0.25, 0.3) is 0 Å². The maximum atomic E-state index is 8.97. The molecule has 5 nitrogen and oxygen atoms in total. The van der Waals surface area contributed by atoms with E-state index in [2.05, 4.69) is 10.3 Å². The Morgan fingerprint density at radius 1 is 1.30 bits per heavy atom. The molecule has 1 unspecified atom stereocenters. The van der Waals surface area contributed by atoms with Crippen LogP contribution in [0.2, 0.25) is 0 Å². The van der Waals surface area contributed by atoms with Crippen molar-refractivity contribution in [1.82, 2.24) is 4.98 Å². The molecule has 20 heavy (non-hydrogen) atoms. The highest BCUT2D eigenvalue weighted by molar-refractivity contribution is 5.55. The summed E-state index contributed by atoms with van der Waals surface area (Å²) in [5, 5.41) is 12.3. The van der Waals surface area contributed by atoms with Crippen LogP contribution in [0.25, 0.3) is 0 Å². The summed E-state index contributed by atoms with van der Waals surface area (Å²) in [4.78, 5) is 4.22. The molecule has 1 aromatic heterocycles. The maximum absolute atomic E-state index is 8.97. The van der Waals surface area contributed by atoms with Gasteiger partial charge >= 0.3 is 0 Å². The number of aromatic nitrogens is 1. The Hall–Kier alpha value is -2.74. The van der Waals surface area contributed by atoms with Gasteiger partial charge in [-0.25, -0.2) is 4.98 Å². The number of anilines is 2. The second kappa shape index (κ2) is 5.10. The lowest BCUT2D eigenvalue weighted by molar-refractivity contribution is 0.274. The number of para-hydroxylation sites is 1. The van der Waals surface area contributed by atoms with Gasteiger partial charge in [0.2, 0.25) is 0 Å². The molecule has 0 fully saturated rings. The van der Waals surface area contributed by atoms with Crippen molar-refractivity contribution in [3.05, 3.63) is 47.7 Å². The molecule has 1 aliphatic heterocycles. The number of fused-ring (bicyclic) bond motifs is 1.